The monoisotopic (exact) mass is 308 g/mol. The van der Waals surface area contributed by atoms with E-state index in [1.54, 1.807) is 10.4 Å². The van der Waals surface area contributed by atoms with Gasteiger partial charge < -0.3 is 5.32 Å². The molecule has 3 rings (SSSR count). The molecule has 116 valence electrons. The first-order chi connectivity index (χ1) is 10.00. The minimum Gasteiger partial charge on any atom is -0.311 e. The molecule has 0 amide bonds. The summed E-state index contributed by atoms with van der Waals surface area (Å²) in [6.45, 7) is 5.28. The normalized spacial score (nSPS) is 27.3. The van der Waals surface area contributed by atoms with Crippen molar-refractivity contribution in [3.8, 4) is 0 Å². The van der Waals surface area contributed by atoms with Crippen molar-refractivity contribution in [2.24, 2.45) is 0 Å². The van der Waals surface area contributed by atoms with Crippen LogP contribution in [0.1, 0.15) is 37.8 Å². The van der Waals surface area contributed by atoms with E-state index in [1.807, 2.05) is 26.0 Å². The fourth-order valence-corrected chi connectivity index (χ4v) is 5.12. The van der Waals surface area contributed by atoms with Crippen LogP contribution >= 0.6 is 0 Å². The molecule has 0 aromatic heterocycles. The first-order valence-electron chi connectivity index (χ1n) is 7.87. The number of rotatable bonds is 2. The highest BCUT2D eigenvalue weighted by atomic mass is 32.2. The van der Waals surface area contributed by atoms with E-state index in [0.29, 0.717) is 11.4 Å². The second kappa shape index (κ2) is 5.71. The molecule has 2 aliphatic rings. The number of nitrogens with zero attached hydrogens (tertiary/aromatic N) is 1. The van der Waals surface area contributed by atoms with Gasteiger partial charge in [0.25, 0.3) is 0 Å². The van der Waals surface area contributed by atoms with E-state index in [4.69, 9.17) is 0 Å². The third-order valence-electron chi connectivity index (χ3n) is 4.90. The minimum atomic E-state index is -3.38. The molecule has 0 radical (unpaired) electrons. The smallest absolute Gasteiger partial charge is 0.243 e. The highest BCUT2D eigenvalue weighted by Crippen LogP contribution is 2.27. The van der Waals surface area contributed by atoms with Crippen molar-refractivity contribution in [3.63, 3.8) is 0 Å². The van der Waals surface area contributed by atoms with Crippen molar-refractivity contribution in [1.29, 1.82) is 0 Å². The third-order valence-corrected chi connectivity index (χ3v) is 6.89. The largest absolute Gasteiger partial charge is 0.311 e. The predicted octanol–water partition coefficient (Wildman–Crippen LogP) is 1.94. The molecule has 1 aliphatic carbocycles. The van der Waals surface area contributed by atoms with Crippen molar-refractivity contribution in [1.82, 2.24) is 9.62 Å². The molecule has 2 atom stereocenters. The Bertz CT molecular complexity index is 627. The van der Waals surface area contributed by atoms with Gasteiger partial charge >= 0.3 is 0 Å². The summed E-state index contributed by atoms with van der Waals surface area (Å²) in [6, 6.07) is 5.88. The van der Waals surface area contributed by atoms with Gasteiger partial charge in [-0.25, -0.2) is 8.42 Å². The molecular weight excluding hydrogens is 284 g/mol. The van der Waals surface area contributed by atoms with Gasteiger partial charge in [0.1, 0.15) is 0 Å². The van der Waals surface area contributed by atoms with Crippen molar-refractivity contribution in [2.45, 2.75) is 56.5 Å². The summed E-state index contributed by atoms with van der Waals surface area (Å²) in [4.78, 5) is 0.462. The summed E-state index contributed by atoms with van der Waals surface area (Å²) in [5, 5.41) is 3.33. The molecule has 1 aromatic rings. The Balaban J connectivity index is 1.94. The van der Waals surface area contributed by atoms with E-state index < -0.39 is 10.0 Å². The summed E-state index contributed by atoms with van der Waals surface area (Å²) >= 11 is 0. The summed E-state index contributed by atoms with van der Waals surface area (Å²) < 4.78 is 27.5. The highest BCUT2D eigenvalue weighted by molar-refractivity contribution is 7.89. The van der Waals surface area contributed by atoms with Crippen LogP contribution < -0.4 is 5.32 Å². The Morgan fingerprint density at radius 2 is 1.86 bits per heavy atom. The topological polar surface area (TPSA) is 49.4 Å². The number of hydrogen-bond donors (Lipinski definition) is 1. The van der Waals surface area contributed by atoms with Crippen LogP contribution in [0.3, 0.4) is 0 Å². The summed E-state index contributed by atoms with van der Waals surface area (Å²) in [5.41, 5.74) is 2.54. The van der Waals surface area contributed by atoms with E-state index >= 15 is 0 Å². The Morgan fingerprint density at radius 1 is 1.14 bits per heavy atom. The van der Waals surface area contributed by atoms with E-state index in [-0.39, 0.29) is 12.1 Å². The maximum absolute atomic E-state index is 12.9. The minimum absolute atomic E-state index is 0.0141. The summed E-state index contributed by atoms with van der Waals surface area (Å²) in [7, 11) is -3.38. The van der Waals surface area contributed by atoms with Crippen LogP contribution in [0.2, 0.25) is 0 Å². The molecule has 0 saturated carbocycles. The molecule has 5 heteroatoms. The number of fused-ring (bicyclic) bond motifs is 1. The van der Waals surface area contributed by atoms with Crippen LogP contribution in [0.25, 0.3) is 0 Å². The van der Waals surface area contributed by atoms with Crippen molar-refractivity contribution < 1.29 is 8.42 Å². The molecule has 1 saturated heterocycles. The van der Waals surface area contributed by atoms with Gasteiger partial charge in [-0.3, -0.25) is 0 Å². The van der Waals surface area contributed by atoms with E-state index in [1.165, 1.54) is 17.5 Å². The van der Waals surface area contributed by atoms with Gasteiger partial charge in [-0.2, -0.15) is 4.31 Å². The predicted molar refractivity (Wildman–Crippen MR) is 83.9 cm³/mol. The van der Waals surface area contributed by atoms with E-state index in [2.05, 4.69) is 5.32 Å². The van der Waals surface area contributed by atoms with Crippen LogP contribution in [0.15, 0.2) is 23.1 Å². The maximum atomic E-state index is 12.9. The standard InChI is InChI=1S/C16H24N2O2S/c1-12-13(2)18(10-9-17-12)21(19,20)16-8-7-14-5-3-4-6-15(14)11-16/h7-8,11-13,17H,3-6,9-10H2,1-2H3. The molecule has 1 aliphatic heterocycles. The third kappa shape index (κ3) is 2.74. The van der Waals surface area contributed by atoms with Crippen LogP contribution in [-0.4, -0.2) is 37.9 Å². The van der Waals surface area contributed by atoms with E-state index in [0.717, 1.165) is 25.8 Å². The first-order valence-corrected chi connectivity index (χ1v) is 9.31. The Morgan fingerprint density at radius 3 is 2.62 bits per heavy atom. The highest BCUT2D eigenvalue weighted by Gasteiger charge is 2.34. The summed E-state index contributed by atoms with van der Waals surface area (Å²) in [5.74, 6) is 0. The Hall–Kier alpha value is -0.910. The van der Waals surface area contributed by atoms with Gasteiger partial charge in [-0.15, -0.1) is 0 Å². The SMILES string of the molecule is CC1NCCN(S(=O)(=O)c2ccc3c(c2)CCCC3)C1C. The van der Waals surface area contributed by atoms with Crippen LogP contribution in [-0.2, 0) is 22.9 Å². The molecule has 21 heavy (non-hydrogen) atoms. The Labute approximate surface area is 127 Å². The fraction of sp³-hybridized carbons (Fsp3) is 0.625. The van der Waals surface area contributed by atoms with Gasteiger partial charge in [0.05, 0.1) is 4.90 Å². The second-order valence-corrected chi connectivity index (χ2v) is 8.13. The van der Waals surface area contributed by atoms with Gasteiger partial charge in [-0.1, -0.05) is 6.07 Å². The second-order valence-electron chi connectivity index (χ2n) is 6.24. The van der Waals surface area contributed by atoms with Gasteiger partial charge in [-0.05, 0) is 62.8 Å². The quantitative estimate of drug-likeness (QED) is 0.908. The average molecular weight is 308 g/mol. The lowest BCUT2D eigenvalue weighted by molar-refractivity contribution is 0.233. The number of benzene rings is 1. The molecule has 1 heterocycles. The van der Waals surface area contributed by atoms with Gasteiger partial charge in [0.2, 0.25) is 10.0 Å². The first kappa shape index (κ1) is 15.0. The molecule has 2 unspecified atom stereocenters. The van der Waals surface area contributed by atoms with Crippen LogP contribution in [0.4, 0.5) is 0 Å². The zero-order valence-electron chi connectivity index (χ0n) is 12.8. The zero-order valence-corrected chi connectivity index (χ0v) is 13.6. The number of hydrogen-bond acceptors (Lipinski definition) is 3. The van der Waals surface area contributed by atoms with Crippen molar-refractivity contribution >= 4 is 10.0 Å². The fourth-order valence-electron chi connectivity index (χ4n) is 3.37. The molecular formula is C16H24N2O2S. The van der Waals surface area contributed by atoms with Gasteiger partial charge in [0.15, 0.2) is 0 Å². The average Bonchev–Trinajstić information content (AvgIpc) is 2.49. The molecule has 4 nitrogen and oxygen atoms in total. The maximum Gasteiger partial charge on any atom is 0.243 e. The number of nitrogens with one attached hydrogen (secondary N) is 1. The number of aryl methyl sites for hydroxylation is 2. The lowest BCUT2D eigenvalue weighted by Crippen LogP contribution is -2.57. The summed E-state index contributed by atoms with van der Waals surface area (Å²) in [6.07, 6.45) is 4.46. The molecule has 0 spiro atoms. The lowest BCUT2D eigenvalue weighted by atomic mass is 9.92. The van der Waals surface area contributed by atoms with E-state index in [9.17, 15) is 8.42 Å². The lowest BCUT2D eigenvalue weighted by Gasteiger charge is -2.37. The van der Waals surface area contributed by atoms with Crippen molar-refractivity contribution in [2.75, 3.05) is 13.1 Å². The molecule has 1 fully saturated rings. The van der Waals surface area contributed by atoms with Gasteiger partial charge in [0, 0.05) is 25.2 Å². The molecule has 0 bridgehead atoms. The zero-order chi connectivity index (χ0) is 15.0. The number of sulfonamides is 1. The number of piperazine rings is 1. The Kier molecular flexibility index (Phi) is 4.08. The van der Waals surface area contributed by atoms with Crippen LogP contribution in [0, 0.1) is 0 Å². The molecule has 1 N–H and O–H groups in total. The van der Waals surface area contributed by atoms with Crippen LogP contribution in [0.5, 0.6) is 0 Å². The molecule has 1 aromatic carbocycles. The van der Waals surface area contributed by atoms with Crippen molar-refractivity contribution in [3.05, 3.63) is 29.3 Å².